The number of hydrogen-bond acceptors (Lipinski definition) is 4. The van der Waals surface area contributed by atoms with Crippen molar-refractivity contribution in [3.63, 3.8) is 0 Å². The average molecular weight is 393 g/mol. The second kappa shape index (κ2) is 8.08. The minimum absolute atomic E-state index is 0.0966. The second-order valence-electron chi connectivity index (χ2n) is 6.75. The maximum absolute atomic E-state index is 13.3. The fraction of sp³-hybridized carbons (Fsp3) is 0.350. The number of carbonyl (C=O) groups is 1. The molecule has 0 N–H and O–H groups in total. The molecule has 146 valence electrons. The van der Waals surface area contributed by atoms with Gasteiger partial charge in [-0.05, 0) is 70.0 Å². The van der Waals surface area contributed by atoms with Crippen molar-refractivity contribution in [2.24, 2.45) is 0 Å². The molecule has 0 aliphatic heterocycles. The molecular formula is C20H24FNO4S. The van der Waals surface area contributed by atoms with Crippen molar-refractivity contribution >= 4 is 21.7 Å². The molecule has 0 saturated heterocycles. The van der Waals surface area contributed by atoms with Crippen LogP contribution < -0.4 is 4.31 Å². The van der Waals surface area contributed by atoms with Gasteiger partial charge in [0.25, 0.3) is 10.0 Å². The molecule has 0 aliphatic carbocycles. The van der Waals surface area contributed by atoms with Crippen molar-refractivity contribution < 1.29 is 22.3 Å². The smallest absolute Gasteiger partial charge is 0.327 e. The number of rotatable bonds is 6. The molecule has 0 amide bonds. The number of hydrogen-bond donors (Lipinski definition) is 0. The Morgan fingerprint density at radius 3 is 2.07 bits per heavy atom. The number of aryl methyl sites for hydroxylation is 3. The van der Waals surface area contributed by atoms with Gasteiger partial charge in [-0.25, -0.2) is 12.8 Å². The number of carbonyl (C=O) groups excluding carboxylic acids is 1. The molecule has 0 fully saturated rings. The van der Waals surface area contributed by atoms with E-state index in [9.17, 15) is 17.6 Å². The number of anilines is 1. The summed E-state index contributed by atoms with van der Waals surface area (Å²) in [6, 6.07) is 8.22. The summed E-state index contributed by atoms with van der Waals surface area (Å²) in [5, 5.41) is 0. The van der Waals surface area contributed by atoms with Crippen LogP contribution in [0.4, 0.5) is 10.1 Å². The van der Waals surface area contributed by atoms with Gasteiger partial charge in [0.1, 0.15) is 12.4 Å². The SMILES string of the molecule is Cc1cc(C)c(N(CC(=O)OC(C)C)S(=O)(=O)c2ccc(F)cc2)c(C)c1. The molecule has 27 heavy (non-hydrogen) atoms. The minimum atomic E-state index is -4.09. The van der Waals surface area contributed by atoms with Crippen LogP contribution in [0.1, 0.15) is 30.5 Å². The molecule has 0 radical (unpaired) electrons. The number of benzene rings is 2. The van der Waals surface area contributed by atoms with Crippen LogP contribution in [0.2, 0.25) is 0 Å². The van der Waals surface area contributed by atoms with Gasteiger partial charge >= 0.3 is 5.97 Å². The van der Waals surface area contributed by atoms with Gasteiger partial charge in [-0.3, -0.25) is 9.10 Å². The molecule has 0 atom stereocenters. The van der Waals surface area contributed by atoms with Crippen molar-refractivity contribution in [3.8, 4) is 0 Å². The quantitative estimate of drug-likeness (QED) is 0.699. The van der Waals surface area contributed by atoms with Gasteiger partial charge in [0.05, 0.1) is 16.7 Å². The van der Waals surface area contributed by atoms with Crippen molar-refractivity contribution in [1.82, 2.24) is 0 Å². The van der Waals surface area contributed by atoms with Crippen LogP contribution in [0.25, 0.3) is 0 Å². The van der Waals surface area contributed by atoms with Gasteiger partial charge < -0.3 is 4.74 Å². The van der Waals surface area contributed by atoms with Crippen molar-refractivity contribution in [2.45, 2.75) is 45.6 Å². The van der Waals surface area contributed by atoms with Gasteiger partial charge in [0.2, 0.25) is 0 Å². The normalized spacial score (nSPS) is 11.5. The van der Waals surface area contributed by atoms with Crippen molar-refractivity contribution in [1.29, 1.82) is 0 Å². The Morgan fingerprint density at radius 1 is 1.07 bits per heavy atom. The van der Waals surface area contributed by atoms with Crippen LogP contribution in [0.5, 0.6) is 0 Å². The zero-order chi connectivity index (χ0) is 20.4. The summed E-state index contributed by atoms with van der Waals surface area (Å²) in [6.45, 7) is 8.41. The van der Waals surface area contributed by atoms with Crippen molar-refractivity contribution in [3.05, 3.63) is 58.9 Å². The molecule has 2 rings (SSSR count). The van der Waals surface area contributed by atoms with Gasteiger partial charge in [-0.15, -0.1) is 0 Å². The molecule has 0 saturated carbocycles. The van der Waals surface area contributed by atoms with E-state index in [2.05, 4.69) is 0 Å². The highest BCUT2D eigenvalue weighted by Gasteiger charge is 2.30. The molecule has 5 nitrogen and oxygen atoms in total. The molecule has 7 heteroatoms. The lowest BCUT2D eigenvalue weighted by Crippen LogP contribution is -2.38. The zero-order valence-electron chi connectivity index (χ0n) is 16.1. The molecule has 0 aliphatic rings. The Bertz CT molecular complexity index is 914. The average Bonchev–Trinajstić information content (AvgIpc) is 2.52. The molecule has 0 aromatic heterocycles. The van der Waals surface area contributed by atoms with E-state index in [0.717, 1.165) is 33.1 Å². The van der Waals surface area contributed by atoms with Crippen LogP contribution >= 0.6 is 0 Å². The predicted molar refractivity (Wildman–Crippen MR) is 103 cm³/mol. The molecule has 0 spiro atoms. The first-order valence-electron chi connectivity index (χ1n) is 8.58. The lowest BCUT2D eigenvalue weighted by molar-refractivity contribution is -0.145. The third-order valence-electron chi connectivity index (χ3n) is 3.93. The third-order valence-corrected chi connectivity index (χ3v) is 5.69. The fourth-order valence-corrected chi connectivity index (χ4v) is 4.54. The first-order chi connectivity index (χ1) is 12.5. The Kier molecular flexibility index (Phi) is 6.26. The predicted octanol–water partition coefficient (Wildman–Crippen LogP) is 3.90. The highest BCUT2D eigenvalue weighted by atomic mass is 32.2. The molecule has 2 aromatic carbocycles. The van der Waals surface area contributed by atoms with E-state index in [1.165, 1.54) is 12.1 Å². The van der Waals surface area contributed by atoms with E-state index in [4.69, 9.17) is 4.74 Å². The lowest BCUT2D eigenvalue weighted by Gasteiger charge is -2.27. The molecule has 0 heterocycles. The monoisotopic (exact) mass is 393 g/mol. The molecular weight excluding hydrogens is 369 g/mol. The summed E-state index contributed by atoms with van der Waals surface area (Å²) in [7, 11) is -4.09. The standard InChI is InChI=1S/C20H24FNO4S/c1-13(2)26-19(23)12-22(20-15(4)10-14(3)11-16(20)5)27(24,25)18-8-6-17(21)7-9-18/h6-11,13H,12H2,1-5H3. The minimum Gasteiger partial charge on any atom is -0.462 e. The number of nitrogens with zero attached hydrogens (tertiary/aromatic N) is 1. The topological polar surface area (TPSA) is 63.7 Å². The number of ether oxygens (including phenoxy) is 1. The Labute approximate surface area is 159 Å². The Hall–Kier alpha value is -2.41. The molecule has 0 unspecified atom stereocenters. The maximum atomic E-state index is 13.3. The summed E-state index contributed by atoms with van der Waals surface area (Å²) >= 11 is 0. The van der Waals surface area contributed by atoms with E-state index >= 15 is 0 Å². The van der Waals surface area contributed by atoms with Gasteiger partial charge in [-0.2, -0.15) is 0 Å². The lowest BCUT2D eigenvalue weighted by atomic mass is 10.1. The van der Waals surface area contributed by atoms with E-state index < -0.39 is 28.4 Å². The van der Waals surface area contributed by atoms with Crippen molar-refractivity contribution in [2.75, 3.05) is 10.8 Å². The first kappa shape index (κ1) is 20.9. The fourth-order valence-electron chi connectivity index (χ4n) is 3.00. The zero-order valence-corrected chi connectivity index (χ0v) is 16.9. The van der Waals surface area contributed by atoms with Crippen LogP contribution in [0.3, 0.4) is 0 Å². The summed E-state index contributed by atoms with van der Waals surface area (Å²) in [5.74, 6) is -1.20. The van der Waals surface area contributed by atoms with Crippen LogP contribution in [-0.2, 0) is 19.6 Å². The maximum Gasteiger partial charge on any atom is 0.327 e. The Morgan fingerprint density at radius 2 is 1.59 bits per heavy atom. The van der Waals surface area contributed by atoms with E-state index in [1.54, 1.807) is 27.7 Å². The summed E-state index contributed by atoms with van der Waals surface area (Å²) in [5.41, 5.74) is 2.84. The second-order valence-corrected chi connectivity index (χ2v) is 8.61. The molecule has 0 bridgehead atoms. The van der Waals surface area contributed by atoms with Crippen LogP contribution in [0, 0.1) is 26.6 Å². The summed E-state index contributed by atoms with van der Waals surface area (Å²) in [6.07, 6.45) is -0.368. The number of halogens is 1. The summed E-state index contributed by atoms with van der Waals surface area (Å²) < 4.78 is 45.9. The number of esters is 1. The number of sulfonamides is 1. The van der Waals surface area contributed by atoms with E-state index in [0.29, 0.717) is 5.69 Å². The highest BCUT2D eigenvalue weighted by molar-refractivity contribution is 7.92. The Balaban J connectivity index is 2.60. The third kappa shape index (κ3) is 4.86. The van der Waals surface area contributed by atoms with E-state index in [-0.39, 0.29) is 11.0 Å². The van der Waals surface area contributed by atoms with Gasteiger partial charge in [0, 0.05) is 0 Å². The van der Waals surface area contributed by atoms with Crippen LogP contribution in [0.15, 0.2) is 41.3 Å². The van der Waals surface area contributed by atoms with Gasteiger partial charge in [-0.1, -0.05) is 17.7 Å². The molecule has 2 aromatic rings. The summed E-state index contributed by atoms with van der Waals surface area (Å²) in [4.78, 5) is 12.2. The van der Waals surface area contributed by atoms with E-state index in [1.807, 2.05) is 19.1 Å². The van der Waals surface area contributed by atoms with Gasteiger partial charge in [0.15, 0.2) is 0 Å². The first-order valence-corrected chi connectivity index (χ1v) is 10.0. The van der Waals surface area contributed by atoms with Crippen LogP contribution in [-0.4, -0.2) is 27.0 Å². The largest absolute Gasteiger partial charge is 0.462 e. The highest BCUT2D eigenvalue weighted by Crippen LogP contribution is 2.31.